The molecule has 4 aromatic rings. The first-order valence-corrected chi connectivity index (χ1v) is 11.9. The van der Waals surface area contributed by atoms with E-state index in [1.54, 1.807) is 12.3 Å². The Morgan fingerprint density at radius 3 is 2.72 bits per heavy atom. The lowest BCUT2D eigenvalue weighted by atomic mass is 9.91. The number of fused-ring (bicyclic) bond motifs is 1. The number of amides is 1. The van der Waals surface area contributed by atoms with E-state index in [1.165, 1.54) is 6.33 Å². The highest BCUT2D eigenvalue weighted by Crippen LogP contribution is 2.29. The number of aromatic nitrogens is 4. The number of H-pyrrole nitrogens is 1. The molecule has 10 nitrogen and oxygen atoms in total. The maximum atomic E-state index is 12.0. The fourth-order valence-electron chi connectivity index (χ4n) is 4.70. The number of primary amides is 1. The molecule has 0 unspecified atom stereocenters. The van der Waals surface area contributed by atoms with Crippen molar-refractivity contribution in [1.82, 2.24) is 19.9 Å². The molecule has 0 spiro atoms. The summed E-state index contributed by atoms with van der Waals surface area (Å²) < 4.78 is 0. The van der Waals surface area contributed by atoms with Crippen LogP contribution in [0.25, 0.3) is 22.0 Å². The first-order valence-electron chi connectivity index (χ1n) is 11.9. The summed E-state index contributed by atoms with van der Waals surface area (Å²) in [6.45, 7) is 1.89. The van der Waals surface area contributed by atoms with Crippen molar-refractivity contribution in [2.75, 3.05) is 10.6 Å². The Bertz CT molecular complexity index is 1500. The second-order valence-corrected chi connectivity index (χ2v) is 9.10. The summed E-state index contributed by atoms with van der Waals surface area (Å²) in [6.07, 6.45) is 7.23. The number of hydrogen-bond acceptors (Lipinski definition) is 8. The molecule has 7 N–H and O–H groups in total. The summed E-state index contributed by atoms with van der Waals surface area (Å²) in [6, 6.07) is 11.3. The van der Waals surface area contributed by atoms with Gasteiger partial charge in [0.2, 0.25) is 0 Å². The van der Waals surface area contributed by atoms with Gasteiger partial charge in [0.25, 0.3) is 11.5 Å². The molecular weight excluding hydrogens is 456 g/mol. The van der Waals surface area contributed by atoms with Crippen LogP contribution in [-0.4, -0.2) is 37.9 Å². The molecule has 0 saturated heterocycles. The molecule has 0 bridgehead atoms. The molecule has 1 amide bonds. The topological polar surface area (TPSA) is 165 Å². The minimum absolute atomic E-state index is 0.0755. The van der Waals surface area contributed by atoms with Crippen molar-refractivity contribution in [3.8, 4) is 11.1 Å². The van der Waals surface area contributed by atoms with E-state index in [4.69, 9.17) is 11.5 Å². The van der Waals surface area contributed by atoms with Crippen LogP contribution in [0.4, 0.5) is 17.2 Å². The fourth-order valence-corrected chi connectivity index (χ4v) is 4.70. The molecule has 1 aromatic carbocycles. The van der Waals surface area contributed by atoms with Gasteiger partial charge in [-0.1, -0.05) is 18.9 Å². The third-order valence-corrected chi connectivity index (χ3v) is 6.59. The summed E-state index contributed by atoms with van der Waals surface area (Å²) in [7, 11) is 0. The summed E-state index contributed by atoms with van der Waals surface area (Å²) >= 11 is 0. The standard InChI is InChI=1S/C26H28N8O2/c1-14-17(15-6-7-18-21(10-15)30-13-31-26(18)36)8-9-23(32-14)34-22-11-16(12-29-24(22)25(28)35)33-20-5-3-2-4-19(20)27/h6-13,19-20,33H,2-5,27H2,1H3,(H2,28,35)(H,32,34)(H,30,31,36)/t19-,20+/m0/s1. The summed E-state index contributed by atoms with van der Waals surface area (Å²) in [5.41, 5.74) is 16.2. The zero-order chi connectivity index (χ0) is 25.2. The number of aryl methyl sites for hydroxylation is 1. The highest BCUT2D eigenvalue weighted by Gasteiger charge is 2.22. The molecule has 184 valence electrons. The third kappa shape index (κ3) is 4.76. The quantitative estimate of drug-likeness (QED) is 0.278. The van der Waals surface area contributed by atoms with Gasteiger partial charge in [-0.2, -0.15) is 0 Å². The van der Waals surface area contributed by atoms with E-state index in [-0.39, 0.29) is 23.3 Å². The van der Waals surface area contributed by atoms with Crippen molar-refractivity contribution in [2.24, 2.45) is 11.5 Å². The molecule has 2 atom stereocenters. The predicted octanol–water partition coefficient (Wildman–Crippen LogP) is 3.21. The Morgan fingerprint density at radius 1 is 1.11 bits per heavy atom. The second kappa shape index (κ2) is 9.74. The van der Waals surface area contributed by atoms with E-state index in [0.717, 1.165) is 48.2 Å². The van der Waals surface area contributed by atoms with Crippen LogP contribution in [0.5, 0.6) is 0 Å². The molecule has 10 heteroatoms. The van der Waals surface area contributed by atoms with Crippen LogP contribution in [0, 0.1) is 6.92 Å². The number of benzene rings is 1. The number of nitrogens with one attached hydrogen (secondary N) is 3. The molecule has 5 rings (SSSR count). The van der Waals surface area contributed by atoms with E-state index in [0.29, 0.717) is 22.4 Å². The van der Waals surface area contributed by atoms with Gasteiger partial charge < -0.3 is 27.1 Å². The number of nitrogens with zero attached hydrogens (tertiary/aromatic N) is 3. The first kappa shape index (κ1) is 23.4. The SMILES string of the molecule is Cc1nc(Nc2cc(N[C@@H]3CCCC[C@@H]3N)cnc2C(N)=O)ccc1-c1ccc2c(=O)[nH]cnc2c1. The van der Waals surface area contributed by atoms with Crippen LogP contribution in [0.1, 0.15) is 41.9 Å². The van der Waals surface area contributed by atoms with Crippen LogP contribution < -0.4 is 27.7 Å². The van der Waals surface area contributed by atoms with Gasteiger partial charge in [-0.15, -0.1) is 0 Å². The summed E-state index contributed by atoms with van der Waals surface area (Å²) in [4.78, 5) is 39.8. The third-order valence-electron chi connectivity index (χ3n) is 6.59. The number of anilines is 3. The molecule has 0 radical (unpaired) electrons. The molecule has 3 aromatic heterocycles. The Morgan fingerprint density at radius 2 is 1.94 bits per heavy atom. The molecule has 1 saturated carbocycles. The van der Waals surface area contributed by atoms with Crippen molar-refractivity contribution in [3.63, 3.8) is 0 Å². The lowest BCUT2D eigenvalue weighted by Gasteiger charge is -2.30. The normalized spacial score (nSPS) is 17.6. The molecule has 1 fully saturated rings. The number of carbonyl (C=O) groups is 1. The maximum absolute atomic E-state index is 12.0. The molecule has 1 aliphatic carbocycles. The van der Waals surface area contributed by atoms with Gasteiger partial charge in [0, 0.05) is 23.3 Å². The Hall–Kier alpha value is -4.31. The average Bonchev–Trinajstić information content (AvgIpc) is 2.85. The van der Waals surface area contributed by atoms with Crippen molar-refractivity contribution in [3.05, 3.63) is 70.7 Å². The second-order valence-electron chi connectivity index (χ2n) is 9.10. The first-order chi connectivity index (χ1) is 17.4. The Labute approximate surface area is 207 Å². The smallest absolute Gasteiger partial charge is 0.269 e. The van der Waals surface area contributed by atoms with Crippen LogP contribution in [0.15, 0.2) is 53.7 Å². The molecule has 0 aliphatic heterocycles. The fraction of sp³-hybridized carbons (Fsp3) is 0.269. The number of hydrogen-bond donors (Lipinski definition) is 5. The van der Waals surface area contributed by atoms with Crippen LogP contribution in [0.3, 0.4) is 0 Å². The van der Waals surface area contributed by atoms with E-state index >= 15 is 0 Å². The number of nitrogens with two attached hydrogens (primary N) is 2. The van der Waals surface area contributed by atoms with Crippen molar-refractivity contribution < 1.29 is 4.79 Å². The van der Waals surface area contributed by atoms with Gasteiger partial charge in [-0.25, -0.2) is 15.0 Å². The number of aromatic amines is 1. The Balaban J connectivity index is 1.42. The average molecular weight is 485 g/mol. The van der Waals surface area contributed by atoms with Crippen molar-refractivity contribution in [1.29, 1.82) is 0 Å². The molecule has 3 heterocycles. The van der Waals surface area contributed by atoms with Crippen LogP contribution in [-0.2, 0) is 0 Å². The summed E-state index contributed by atoms with van der Waals surface area (Å²) in [5, 5.41) is 7.18. The number of pyridine rings is 2. The van der Waals surface area contributed by atoms with E-state index in [2.05, 4.69) is 30.6 Å². The van der Waals surface area contributed by atoms with Crippen molar-refractivity contribution >= 4 is 34.0 Å². The molecule has 1 aliphatic rings. The predicted molar refractivity (Wildman–Crippen MR) is 140 cm³/mol. The zero-order valence-corrected chi connectivity index (χ0v) is 19.9. The van der Waals surface area contributed by atoms with E-state index in [9.17, 15) is 9.59 Å². The molecule has 36 heavy (non-hydrogen) atoms. The van der Waals surface area contributed by atoms with E-state index < -0.39 is 5.91 Å². The van der Waals surface area contributed by atoms with Gasteiger partial charge in [-0.05, 0) is 55.7 Å². The van der Waals surface area contributed by atoms with Gasteiger partial charge >= 0.3 is 0 Å². The highest BCUT2D eigenvalue weighted by molar-refractivity contribution is 5.97. The van der Waals surface area contributed by atoms with Gasteiger partial charge in [0.1, 0.15) is 5.82 Å². The van der Waals surface area contributed by atoms with Crippen LogP contribution >= 0.6 is 0 Å². The maximum Gasteiger partial charge on any atom is 0.269 e. The monoisotopic (exact) mass is 484 g/mol. The lowest BCUT2D eigenvalue weighted by Crippen LogP contribution is -2.42. The molecular formula is C26H28N8O2. The lowest BCUT2D eigenvalue weighted by molar-refractivity contribution is 0.0996. The summed E-state index contributed by atoms with van der Waals surface area (Å²) in [5.74, 6) is -0.0900. The van der Waals surface area contributed by atoms with E-state index in [1.807, 2.05) is 37.3 Å². The largest absolute Gasteiger partial charge is 0.379 e. The van der Waals surface area contributed by atoms with Gasteiger partial charge in [-0.3, -0.25) is 9.59 Å². The highest BCUT2D eigenvalue weighted by atomic mass is 16.1. The minimum Gasteiger partial charge on any atom is -0.379 e. The minimum atomic E-state index is -0.634. The Kier molecular flexibility index (Phi) is 6.34. The van der Waals surface area contributed by atoms with Gasteiger partial charge in [0.15, 0.2) is 5.69 Å². The number of rotatable bonds is 6. The number of carbonyl (C=O) groups excluding carboxylic acids is 1. The zero-order valence-electron chi connectivity index (χ0n) is 19.9. The van der Waals surface area contributed by atoms with Crippen molar-refractivity contribution in [2.45, 2.75) is 44.7 Å². The van der Waals surface area contributed by atoms with Crippen LogP contribution in [0.2, 0.25) is 0 Å². The van der Waals surface area contributed by atoms with Gasteiger partial charge in [0.05, 0.1) is 34.8 Å².